The van der Waals surface area contributed by atoms with Crippen molar-refractivity contribution in [1.82, 2.24) is 0 Å². The first-order valence-electron chi connectivity index (χ1n) is 8.96. The monoisotopic (exact) mass is 365 g/mol. The molecule has 0 saturated heterocycles. The number of hydrogen-bond donors (Lipinski definition) is 1. The highest BCUT2D eigenvalue weighted by molar-refractivity contribution is 5.99. The molecule has 5 nitrogen and oxygen atoms in total. The average molecular weight is 365 g/mol. The average Bonchev–Trinajstić information content (AvgIpc) is 2.74. The Balaban J connectivity index is 1.52. The second kappa shape index (κ2) is 7.80. The summed E-state index contributed by atoms with van der Waals surface area (Å²) >= 11 is 0. The van der Waals surface area contributed by atoms with E-state index in [1.807, 2.05) is 91.9 Å². The number of nitrogen functional groups attached to an aromatic ring is 1. The lowest BCUT2D eigenvalue weighted by molar-refractivity contribution is 1.21. The van der Waals surface area contributed by atoms with Crippen molar-refractivity contribution in [3.63, 3.8) is 0 Å². The molecule has 4 aromatic carbocycles. The van der Waals surface area contributed by atoms with E-state index in [0.29, 0.717) is 0 Å². The lowest BCUT2D eigenvalue weighted by Gasteiger charge is -2.04. The minimum absolute atomic E-state index is 0.734. The molecule has 28 heavy (non-hydrogen) atoms. The van der Waals surface area contributed by atoms with Gasteiger partial charge in [0, 0.05) is 16.5 Å². The largest absolute Gasteiger partial charge is 0.398 e. The summed E-state index contributed by atoms with van der Waals surface area (Å²) in [5.41, 5.74) is 11.1. The number of nitrogens with two attached hydrogens (primary N) is 1. The van der Waals surface area contributed by atoms with E-state index in [1.54, 1.807) is 0 Å². The van der Waals surface area contributed by atoms with Crippen molar-refractivity contribution < 1.29 is 0 Å². The topological polar surface area (TPSA) is 75.5 Å². The first kappa shape index (κ1) is 17.5. The fourth-order valence-corrected chi connectivity index (χ4v) is 2.82. The normalized spacial score (nSPS) is 11.6. The summed E-state index contributed by atoms with van der Waals surface area (Å²) in [4.78, 5) is 0. The molecular weight excluding hydrogens is 346 g/mol. The minimum Gasteiger partial charge on any atom is -0.398 e. The number of aryl methyl sites for hydroxylation is 1. The van der Waals surface area contributed by atoms with Gasteiger partial charge in [-0.25, -0.2) is 0 Å². The van der Waals surface area contributed by atoms with Crippen molar-refractivity contribution in [3.05, 3.63) is 90.5 Å². The third-order valence-electron chi connectivity index (χ3n) is 4.37. The molecule has 2 N–H and O–H groups in total. The lowest BCUT2D eigenvalue weighted by atomic mass is 10.1. The highest BCUT2D eigenvalue weighted by Crippen LogP contribution is 2.31. The Morgan fingerprint density at radius 2 is 1.04 bits per heavy atom. The number of anilines is 1. The summed E-state index contributed by atoms with van der Waals surface area (Å²) in [6.07, 6.45) is 0. The van der Waals surface area contributed by atoms with Crippen molar-refractivity contribution in [2.75, 3.05) is 5.73 Å². The van der Waals surface area contributed by atoms with Crippen LogP contribution in [0.5, 0.6) is 0 Å². The number of benzene rings is 4. The van der Waals surface area contributed by atoms with Gasteiger partial charge < -0.3 is 5.73 Å². The Morgan fingerprint density at radius 1 is 0.536 bits per heavy atom. The molecule has 0 amide bonds. The quantitative estimate of drug-likeness (QED) is 0.294. The van der Waals surface area contributed by atoms with E-state index in [0.717, 1.165) is 39.2 Å². The van der Waals surface area contributed by atoms with Gasteiger partial charge in [0.1, 0.15) is 0 Å². The van der Waals surface area contributed by atoms with Crippen LogP contribution in [-0.4, -0.2) is 0 Å². The van der Waals surface area contributed by atoms with E-state index >= 15 is 0 Å². The Labute approximate surface area is 163 Å². The number of nitrogens with zero attached hydrogens (tertiary/aromatic N) is 4. The van der Waals surface area contributed by atoms with Crippen molar-refractivity contribution >= 4 is 39.2 Å². The van der Waals surface area contributed by atoms with Crippen LogP contribution in [0.4, 0.5) is 28.4 Å². The van der Waals surface area contributed by atoms with Crippen LogP contribution in [0, 0.1) is 6.92 Å². The van der Waals surface area contributed by atoms with Crippen molar-refractivity contribution in [3.8, 4) is 0 Å². The molecule has 0 unspecified atom stereocenters. The molecular formula is C23H19N5. The van der Waals surface area contributed by atoms with Crippen LogP contribution in [0.15, 0.2) is 105 Å². The van der Waals surface area contributed by atoms with Gasteiger partial charge >= 0.3 is 0 Å². The zero-order valence-electron chi connectivity index (χ0n) is 15.4. The summed E-state index contributed by atoms with van der Waals surface area (Å²) in [5.74, 6) is 0. The minimum atomic E-state index is 0.734. The first-order valence-corrected chi connectivity index (χ1v) is 8.96. The Bertz CT molecular complexity index is 1160. The van der Waals surface area contributed by atoms with Crippen molar-refractivity contribution in [2.24, 2.45) is 20.5 Å². The fraction of sp³-hybridized carbons (Fsp3) is 0.0435. The van der Waals surface area contributed by atoms with Gasteiger partial charge in [-0.3, -0.25) is 0 Å². The SMILES string of the molecule is Cc1ccc(N=Nc2ccc(N=Nc3ccc(N)c4ccccc34)cc2)cc1. The zero-order valence-corrected chi connectivity index (χ0v) is 15.4. The maximum absolute atomic E-state index is 6.04. The highest BCUT2D eigenvalue weighted by Gasteiger charge is 2.02. The predicted molar refractivity (Wildman–Crippen MR) is 114 cm³/mol. The Hall–Kier alpha value is -3.86. The predicted octanol–water partition coefficient (Wildman–Crippen LogP) is 7.56. The van der Waals surface area contributed by atoms with Gasteiger partial charge in [0.2, 0.25) is 0 Å². The van der Waals surface area contributed by atoms with Crippen molar-refractivity contribution in [1.29, 1.82) is 0 Å². The standard InChI is InChI=1S/C23H19N5/c1-16-6-8-17(9-7-16)25-26-18-10-12-19(13-11-18)27-28-23-15-14-22(24)20-4-2-3-5-21(20)23/h2-15H,24H2,1H3. The van der Waals surface area contributed by atoms with Gasteiger partial charge in [-0.05, 0) is 55.5 Å². The molecule has 0 atom stereocenters. The van der Waals surface area contributed by atoms with Crippen LogP contribution < -0.4 is 5.73 Å². The van der Waals surface area contributed by atoms with Crippen molar-refractivity contribution in [2.45, 2.75) is 6.92 Å². The molecule has 0 saturated carbocycles. The molecule has 4 aromatic rings. The fourth-order valence-electron chi connectivity index (χ4n) is 2.82. The van der Waals surface area contributed by atoms with Gasteiger partial charge in [-0.15, -0.1) is 5.11 Å². The van der Waals surface area contributed by atoms with Gasteiger partial charge in [0.25, 0.3) is 0 Å². The van der Waals surface area contributed by atoms with Crippen LogP contribution in [-0.2, 0) is 0 Å². The van der Waals surface area contributed by atoms with E-state index < -0.39 is 0 Å². The number of hydrogen-bond acceptors (Lipinski definition) is 5. The van der Waals surface area contributed by atoms with E-state index in [2.05, 4.69) is 20.5 Å². The second-order valence-electron chi connectivity index (χ2n) is 6.47. The number of rotatable bonds is 4. The molecule has 0 aliphatic rings. The maximum Gasteiger partial charge on any atom is 0.0936 e. The van der Waals surface area contributed by atoms with E-state index in [4.69, 9.17) is 5.73 Å². The maximum atomic E-state index is 6.04. The van der Waals surface area contributed by atoms with Gasteiger partial charge in [-0.1, -0.05) is 42.0 Å². The molecule has 0 heterocycles. The summed E-state index contributed by atoms with van der Waals surface area (Å²) in [6.45, 7) is 2.04. The highest BCUT2D eigenvalue weighted by atomic mass is 15.1. The molecule has 0 bridgehead atoms. The summed E-state index contributed by atoms with van der Waals surface area (Å²) in [7, 11) is 0. The molecule has 0 aliphatic heterocycles. The third-order valence-corrected chi connectivity index (χ3v) is 4.37. The summed E-state index contributed by atoms with van der Waals surface area (Å²) in [6, 6.07) is 27.0. The number of fused-ring (bicyclic) bond motifs is 1. The molecule has 4 rings (SSSR count). The van der Waals surface area contributed by atoms with E-state index in [9.17, 15) is 0 Å². The first-order chi connectivity index (χ1) is 13.7. The molecule has 5 heteroatoms. The molecule has 0 radical (unpaired) electrons. The lowest BCUT2D eigenvalue weighted by Crippen LogP contribution is -1.86. The zero-order chi connectivity index (χ0) is 19.3. The molecule has 0 aromatic heterocycles. The molecule has 136 valence electrons. The smallest absolute Gasteiger partial charge is 0.0936 e. The Kier molecular flexibility index (Phi) is 4.89. The van der Waals surface area contributed by atoms with E-state index in [-0.39, 0.29) is 0 Å². The van der Waals surface area contributed by atoms with Gasteiger partial charge in [-0.2, -0.15) is 15.3 Å². The third kappa shape index (κ3) is 3.94. The van der Waals surface area contributed by atoms with Gasteiger partial charge in [0.05, 0.1) is 22.7 Å². The van der Waals surface area contributed by atoms with E-state index in [1.165, 1.54) is 5.56 Å². The van der Waals surface area contributed by atoms with Crippen LogP contribution in [0.3, 0.4) is 0 Å². The van der Waals surface area contributed by atoms with Crippen LogP contribution in [0.1, 0.15) is 5.56 Å². The van der Waals surface area contributed by atoms with Crippen LogP contribution in [0.25, 0.3) is 10.8 Å². The van der Waals surface area contributed by atoms with Crippen LogP contribution in [0.2, 0.25) is 0 Å². The van der Waals surface area contributed by atoms with Crippen LogP contribution >= 0.6 is 0 Å². The Morgan fingerprint density at radius 3 is 1.64 bits per heavy atom. The van der Waals surface area contributed by atoms with Gasteiger partial charge in [0.15, 0.2) is 0 Å². The summed E-state index contributed by atoms with van der Waals surface area (Å²) < 4.78 is 0. The summed E-state index contributed by atoms with van der Waals surface area (Å²) in [5, 5.41) is 19.2. The second-order valence-corrected chi connectivity index (χ2v) is 6.47. The number of azo groups is 2. The molecule has 0 spiro atoms. The molecule has 0 aliphatic carbocycles. The molecule has 0 fully saturated rings.